The second kappa shape index (κ2) is 29.8. The second-order valence-electron chi connectivity index (χ2n) is 9.71. The maximum Gasteiger partial charge on any atom is 0.0692 e. The number of aliphatic hydroxyl groups is 1. The normalized spacial score (nSPS) is 21.6. The third kappa shape index (κ3) is 22.2. The van der Waals surface area contributed by atoms with Crippen molar-refractivity contribution in [2.24, 2.45) is 10.9 Å². The predicted octanol–water partition coefficient (Wildman–Crippen LogP) is 11.0. The summed E-state index contributed by atoms with van der Waals surface area (Å²) in [5.74, 6) is 2.75. The molecular weight excluding hydrogens is 496 g/mol. The molecule has 3 nitrogen and oxygen atoms in total. The molecule has 2 rings (SSSR count). The average molecular weight is 567 g/mol. The molecule has 0 saturated carbocycles. The molecule has 232 valence electrons. The number of nitrogens with one attached hydrogen (secondary N) is 1. The molecule has 0 aromatic carbocycles. The summed E-state index contributed by atoms with van der Waals surface area (Å²) in [7, 11) is 0. The van der Waals surface area contributed by atoms with Crippen LogP contribution in [0.5, 0.6) is 0 Å². The lowest BCUT2D eigenvalue weighted by Gasteiger charge is -2.32. The van der Waals surface area contributed by atoms with E-state index in [2.05, 4.69) is 63.5 Å². The van der Waals surface area contributed by atoms with E-state index in [-0.39, 0.29) is 16.9 Å². The topological polar surface area (TPSA) is 44.6 Å². The van der Waals surface area contributed by atoms with Crippen molar-refractivity contribution in [1.29, 1.82) is 0 Å². The van der Waals surface area contributed by atoms with Crippen molar-refractivity contribution in [2.75, 3.05) is 0 Å². The highest BCUT2D eigenvalue weighted by Crippen LogP contribution is 2.36. The van der Waals surface area contributed by atoms with Crippen LogP contribution in [0.2, 0.25) is 0 Å². The second-order valence-corrected chi connectivity index (χ2v) is 11.3. The van der Waals surface area contributed by atoms with Gasteiger partial charge in [-0.25, -0.2) is 0 Å². The van der Waals surface area contributed by atoms with Crippen LogP contribution in [0.4, 0.5) is 0 Å². The van der Waals surface area contributed by atoms with Gasteiger partial charge in [0.2, 0.25) is 0 Å². The summed E-state index contributed by atoms with van der Waals surface area (Å²) in [5.41, 5.74) is 4.55. The van der Waals surface area contributed by atoms with E-state index in [1.165, 1.54) is 31.3 Å². The molecule has 0 spiro atoms. The summed E-state index contributed by atoms with van der Waals surface area (Å²) in [5, 5.41) is 15.2. The van der Waals surface area contributed by atoms with E-state index in [0.29, 0.717) is 11.3 Å². The summed E-state index contributed by atoms with van der Waals surface area (Å²) in [4.78, 5) is 4.62. The zero-order valence-corrected chi connectivity index (χ0v) is 29.8. The number of rotatable bonds is 7. The molecule has 0 fully saturated rings. The van der Waals surface area contributed by atoms with Crippen molar-refractivity contribution in [3.63, 3.8) is 0 Å². The SMILES string of the molecule is C#CC.CC.CC.CC.CC.CC=NC(C)(C)C/C1=C/NC(C)SC(C(O)CC(C)C2=C(C)CCCC2)CC1. The molecule has 1 heterocycles. The molecular formula is C35H70N2OS. The van der Waals surface area contributed by atoms with Crippen LogP contribution >= 0.6 is 11.8 Å². The Labute approximate surface area is 251 Å². The van der Waals surface area contributed by atoms with Gasteiger partial charge in [0.1, 0.15) is 0 Å². The summed E-state index contributed by atoms with van der Waals surface area (Å²) in [6.07, 6.45) is 17.5. The van der Waals surface area contributed by atoms with Gasteiger partial charge in [0.05, 0.1) is 17.0 Å². The quantitative estimate of drug-likeness (QED) is 0.183. The fraction of sp³-hybridized carbons (Fsp3) is 0.800. The number of hydrogen-bond acceptors (Lipinski definition) is 4. The average Bonchev–Trinajstić information content (AvgIpc) is 2.93. The molecule has 0 aromatic rings. The van der Waals surface area contributed by atoms with Crippen molar-refractivity contribution in [1.82, 2.24) is 5.32 Å². The Morgan fingerprint density at radius 2 is 1.62 bits per heavy atom. The molecule has 4 atom stereocenters. The van der Waals surface area contributed by atoms with Crippen LogP contribution in [0.3, 0.4) is 0 Å². The Balaban J connectivity index is -0.000000490. The molecule has 0 radical (unpaired) electrons. The molecule has 0 bridgehead atoms. The van der Waals surface area contributed by atoms with Crippen molar-refractivity contribution < 1.29 is 5.11 Å². The maximum atomic E-state index is 11.1. The van der Waals surface area contributed by atoms with Crippen LogP contribution in [-0.4, -0.2) is 33.6 Å². The van der Waals surface area contributed by atoms with Gasteiger partial charge in [0.25, 0.3) is 0 Å². The first kappa shape index (κ1) is 44.8. The highest BCUT2D eigenvalue weighted by Gasteiger charge is 2.28. The van der Waals surface area contributed by atoms with E-state index in [1.54, 1.807) is 18.1 Å². The summed E-state index contributed by atoms with van der Waals surface area (Å²) in [6.45, 7) is 30.8. The number of aliphatic imine (C=N–C) groups is 1. The molecule has 0 saturated heterocycles. The molecule has 0 aromatic heterocycles. The monoisotopic (exact) mass is 567 g/mol. The smallest absolute Gasteiger partial charge is 0.0692 e. The van der Waals surface area contributed by atoms with E-state index in [0.717, 1.165) is 25.7 Å². The fourth-order valence-corrected chi connectivity index (χ4v) is 6.00. The van der Waals surface area contributed by atoms with Crippen LogP contribution in [0.25, 0.3) is 0 Å². The highest BCUT2D eigenvalue weighted by atomic mass is 32.2. The third-order valence-corrected chi connectivity index (χ3v) is 7.65. The summed E-state index contributed by atoms with van der Waals surface area (Å²) in [6, 6.07) is 0. The minimum Gasteiger partial charge on any atom is -0.392 e. The molecule has 0 amide bonds. The number of hydrogen-bond donors (Lipinski definition) is 2. The van der Waals surface area contributed by atoms with Crippen LogP contribution in [0.15, 0.2) is 27.9 Å². The zero-order valence-electron chi connectivity index (χ0n) is 29.0. The lowest BCUT2D eigenvalue weighted by Crippen LogP contribution is -2.32. The number of allylic oxidation sites excluding steroid dienone is 2. The van der Waals surface area contributed by atoms with Crippen molar-refractivity contribution in [2.45, 2.75) is 177 Å². The minimum absolute atomic E-state index is 0.0640. The zero-order chi connectivity index (χ0) is 31.4. The van der Waals surface area contributed by atoms with E-state index in [4.69, 9.17) is 0 Å². The van der Waals surface area contributed by atoms with Gasteiger partial charge < -0.3 is 10.4 Å². The largest absolute Gasteiger partial charge is 0.392 e. The lowest BCUT2D eigenvalue weighted by atomic mass is 9.82. The molecule has 4 unspecified atom stereocenters. The van der Waals surface area contributed by atoms with Gasteiger partial charge in [0, 0.05) is 5.25 Å². The Bertz CT molecular complexity index is 673. The van der Waals surface area contributed by atoms with Gasteiger partial charge in [0.15, 0.2) is 0 Å². The molecule has 39 heavy (non-hydrogen) atoms. The van der Waals surface area contributed by atoms with Crippen molar-refractivity contribution in [3.05, 3.63) is 22.9 Å². The number of aliphatic hydroxyl groups excluding tert-OH is 1. The van der Waals surface area contributed by atoms with Gasteiger partial charge in [-0.2, -0.15) is 0 Å². The van der Waals surface area contributed by atoms with Crippen LogP contribution in [0.1, 0.15) is 155 Å². The molecule has 2 aliphatic rings. The Morgan fingerprint density at radius 1 is 1.10 bits per heavy atom. The van der Waals surface area contributed by atoms with Crippen LogP contribution < -0.4 is 5.32 Å². The van der Waals surface area contributed by atoms with Crippen molar-refractivity contribution >= 4 is 18.0 Å². The van der Waals surface area contributed by atoms with Crippen molar-refractivity contribution in [3.8, 4) is 12.3 Å². The van der Waals surface area contributed by atoms with Crippen LogP contribution in [0, 0.1) is 18.3 Å². The number of terminal acetylenes is 1. The predicted molar refractivity (Wildman–Crippen MR) is 185 cm³/mol. The number of nitrogens with zero attached hydrogens (tertiary/aromatic N) is 1. The number of thioether (sulfide) groups is 1. The molecule has 2 N–H and O–H groups in total. The first-order valence-corrected chi connectivity index (χ1v) is 16.9. The van der Waals surface area contributed by atoms with Gasteiger partial charge in [-0.05, 0) is 111 Å². The lowest BCUT2D eigenvalue weighted by molar-refractivity contribution is 0.144. The maximum absolute atomic E-state index is 11.1. The Morgan fingerprint density at radius 3 is 2.10 bits per heavy atom. The van der Waals surface area contributed by atoms with E-state index < -0.39 is 0 Å². The Hall–Kier alpha value is -1.18. The first-order valence-electron chi connectivity index (χ1n) is 16.0. The highest BCUT2D eigenvalue weighted by molar-refractivity contribution is 8.00. The van der Waals surface area contributed by atoms with E-state index in [1.807, 2.05) is 80.3 Å². The third-order valence-electron chi connectivity index (χ3n) is 6.20. The minimum atomic E-state index is -0.243. The van der Waals surface area contributed by atoms with E-state index >= 15 is 0 Å². The van der Waals surface area contributed by atoms with E-state index in [9.17, 15) is 5.11 Å². The summed E-state index contributed by atoms with van der Waals surface area (Å²) < 4.78 is 0. The fourth-order valence-electron chi connectivity index (χ4n) is 4.78. The Kier molecular flexibility index (Phi) is 34.2. The van der Waals surface area contributed by atoms with Crippen LogP contribution in [-0.2, 0) is 0 Å². The molecule has 1 aliphatic heterocycles. The molecule has 1 aliphatic carbocycles. The van der Waals surface area contributed by atoms with Gasteiger partial charge in [-0.3, -0.25) is 4.99 Å². The summed E-state index contributed by atoms with van der Waals surface area (Å²) >= 11 is 1.90. The first-order chi connectivity index (χ1) is 18.6. The van der Waals surface area contributed by atoms with Gasteiger partial charge in [-0.1, -0.05) is 79.0 Å². The van der Waals surface area contributed by atoms with Gasteiger partial charge in [-0.15, -0.1) is 24.1 Å². The standard InChI is InChI=1S/C24H42N2OS.C3H4.4C2H6/c1-7-26-24(5,6)15-20-12-13-23(28-19(4)25-16-20)22(27)14-18(3)21-11-9-8-10-17(21)2;1-3-2;4*1-2/h7,16,18-19,22-23,25,27H,8-15H2,1-6H3;1H,2H3;4*1-2H3/b20-16+,26-7?;;;;;. The molecule has 4 heteroatoms. The van der Waals surface area contributed by atoms with Gasteiger partial charge >= 0.3 is 0 Å².